The number of fused-ring (bicyclic) bond motifs is 1. The number of nitrogens with zero attached hydrogens (tertiary/aromatic N) is 3. The average molecular weight is 469 g/mol. The highest BCUT2D eigenvalue weighted by Crippen LogP contribution is 2.28. The van der Waals surface area contributed by atoms with Crippen LogP contribution in [-0.2, 0) is 11.2 Å². The van der Waals surface area contributed by atoms with Gasteiger partial charge in [-0.1, -0.05) is 0 Å². The Balaban J connectivity index is 1.62. The number of hydrogen-bond donors (Lipinski definition) is 4. The third-order valence-electron chi connectivity index (χ3n) is 6.02. The molecule has 5 N–H and O–H groups in total. The number of pyridine rings is 2. The van der Waals surface area contributed by atoms with Gasteiger partial charge >= 0.3 is 0 Å². The van der Waals surface area contributed by atoms with Crippen LogP contribution < -0.4 is 16.4 Å². The molecule has 3 aromatic rings. The third kappa shape index (κ3) is 5.17. The minimum atomic E-state index is -1.61. The fraction of sp³-hybridized carbons (Fsp3) is 0.417. The number of aliphatic hydroxyl groups is 1. The number of aromatic nitrogens is 3. The Morgan fingerprint density at radius 2 is 2.06 bits per heavy atom. The van der Waals surface area contributed by atoms with E-state index in [2.05, 4.69) is 20.6 Å². The second-order valence-corrected chi connectivity index (χ2v) is 9.28. The molecule has 1 saturated carbocycles. The summed E-state index contributed by atoms with van der Waals surface area (Å²) in [7, 11) is 0. The monoisotopic (exact) mass is 468 g/mol. The molecular formula is C24H29FN6O3. The largest absolute Gasteiger partial charge is 0.387 e. The van der Waals surface area contributed by atoms with Gasteiger partial charge in [-0.25, -0.2) is 14.4 Å². The highest BCUT2D eigenvalue weighted by Gasteiger charge is 2.28. The van der Waals surface area contributed by atoms with E-state index < -0.39 is 23.6 Å². The molecule has 180 valence electrons. The van der Waals surface area contributed by atoms with Crippen LogP contribution in [0.2, 0.25) is 0 Å². The number of carbonyl (C=O) groups is 2. The van der Waals surface area contributed by atoms with E-state index in [1.165, 1.54) is 20.0 Å². The second-order valence-electron chi connectivity index (χ2n) is 9.28. The van der Waals surface area contributed by atoms with E-state index in [1.807, 2.05) is 18.3 Å². The van der Waals surface area contributed by atoms with Crippen molar-refractivity contribution in [2.24, 2.45) is 5.73 Å². The Morgan fingerprint density at radius 1 is 1.29 bits per heavy atom. The smallest absolute Gasteiger partial charge is 0.255 e. The fourth-order valence-electron chi connectivity index (χ4n) is 3.73. The Kier molecular flexibility index (Phi) is 6.52. The van der Waals surface area contributed by atoms with Gasteiger partial charge in [-0.2, -0.15) is 0 Å². The number of amides is 2. The maximum absolute atomic E-state index is 14.1. The van der Waals surface area contributed by atoms with Crippen LogP contribution in [0.5, 0.6) is 0 Å². The standard InChI is InChI=1S/C24H29FN6O3/c1-24(2,34)19(25)13-29-23(33)17-12-27-21(10-18(17)30-16-4-3-5-16)31-7-6-15-8-14(9-20(26)32)11-28-22(15)31/h6-8,10-12,16,19,34H,3-5,9,13H2,1-2H3,(H2,26,32)(H,27,30)(H,29,33)/t19-/m1/s1. The first-order valence-electron chi connectivity index (χ1n) is 11.3. The minimum absolute atomic E-state index is 0.110. The molecule has 10 heteroatoms. The number of halogens is 1. The lowest BCUT2D eigenvalue weighted by Crippen LogP contribution is -2.42. The van der Waals surface area contributed by atoms with Crippen molar-refractivity contribution in [3.05, 3.63) is 47.9 Å². The molecule has 3 aromatic heterocycles. The van der Waals surface area contributed by atoms with Gasteiger partial charge in [-0.3, -0.25) is 14.2 Å². The zero-order valence-corrected chi connectivity index (χ0v) is 19.2. The number of carbonyl (C=O) groups excluding carboxylic acids is 2. The molecule has 2 amide bonds. The van der Waals surface area contributed by atoms with E-state index in [4.69, 9.17) is 5.73 Å². The van der Waals surface area contributed by atoms with Crippen molar-refractivity contribution >= 4 is 28.5 Å². The predicted octanol–water partition coefficient (Wildman–Crippen LogP) is 2.25. The molecular weight excluding hydrogens is 439 g/mol. The zero-order chi connectivity index (χ0) is 24.5. The lowest BCUT2D eigenvalue weighted by Gasteiger charge is -2.28. The molecule has 1 atom stereocenters. The van der Waals surface area contributed by atoms with Gasteiger partial charge in [-0.15, -0.1) is 0 Å². The normalized spacial score (nSPS) is 15.1. The van der Waals surface area contributed by atoms with E-state index in [0.717, 1.165) is 30.2 Å². The number of anilines is 1. The van der Waals surface area contributed by atoms with Crippen molar-refractivity contribution in [2.75, 3.05) is 11.9 Å². The van der Waals surface area contributed by atoms with Crippen molar-refractivity contribution in [1.29, 1.82) is 0 Å². The zero-order valence-electron chi connectivity index (χ0n) is 19.2. The summed E-state index contributed by atoms with van der Waals surface area (Å²) in [6.07, 6.45) is 6.50. The second kappa shape index (κ2) is 9.38. The first kappa shape index (κ1) is 23.6. The van der Waals surface area contributed by atoms with Crippen LogP contribution in [0.3, 0.4) is 0 Å². The van der Waals surface area contributed by atoms with E-state index in [0.29, 0.717) is 22.7 Å². The Morgan fingerprint density at radius 3 is 2.71 bits per heavy atom. The summed E-state index contributed by atoms with van der Waals surface area (Å²) in [6, 6.07) is 5.75. The molecule has 0 bridgehead atoms. The number of rotatable bonds is 9. The number of primary amides is 1. The van der Waals surface area contributed by atoms with Crippen molar-refractivity contribution in [2.45, 2.75) is 57.3 Å². The molecule has 1 aliphatic carbocycles. The molecule has 0 unspecified atom stereocenters. The number of nitrogens with one attached hydrogen (secondary N) is 2. The summed E-state index contributed by atoms with van der Waals surface area (Å²) in [5, 5.41) is 16.6. The van der Waals surface area contributed by atoms with Crippen LogP contribution in [0.25, 0.3) is 16.9 Å². The van der Waals surface area contributed by atoms with Gasteiger partial charge in [0.15, 0.2) is 0 Å². The third-order valence-corrected chi connectivity index (χ3v) is 6.02. The van der Waals surface area contributed by atoms with Crippen molar-refractivity contribution < 1.29 is 19.1 Å². The summed E-state index contributed by atoms with van der Waals surface area (Å²) in [4.78, 5) is 33.0. The number of alkyl halides is 1. The molecule has 0 spiro atoms. The maximum Gasteiger partial charge on any atom is 0.255 e. The molecule has 0 aromatic carbocycles. The van der Waals surface area contributed by atoms with Gasteiger partial charge in [0.1, 0.15) is 17.6 Å². The number of hydrogen-bond acceptors (Lipinski definition) is 6. The summed E-state index contributed by atoms with van der Waals surface area (Å²) < 4.78 is 15.9. The van der Waals surface area contributed by atoms with Gasteiger partial charge in [0.25, 0.3) is 5.91 Å². The fourth-order valence-corrected chi connectivity index (χ4v) is 3.73. The highest BCUT2D eigenvalue weighted by molar-refractivity contribution is 5.99. The minimum Gasteiger partial charge on any atom is -0.387 e. The lowest BCUT2D eigenvalue weighted by atomic mass is 9.92. The van der Waals surface area contributed by atoms with Crippen molar-refractivity contribution in [3.63, 3.8) is 0 Å². The molecule has 3 heterocycles. The van der Waals surface area contributed by atoms with Crippen LogP contribution >= 0.6 is 0 Å². The summed E-state index contributed by atoms with van der Waals surface area (Å²) in [5.41, 5.74) is 6.00. The Hall–Kier alpha value is -3.53. The van der Waals surface area contributed by atoms with E-state index in [-0.39, 0.29) is 19.0 Å². The Bertz CT molecular complexity index is 1220. The summed E-state index contributed by atoms with van der Waals surface area (Å²) in [6.45, 7) is 2.40. The van der Waals surface area contributed by atoms with Crippen LogP contribution in [0.4, 0.5) is 10.1 Å². The molecule has 9 nitrogen and oxygen atoms in total. The highest BCUT2D eigenvalue weighted by atomic mass is 19.1. The van der Waals surface area contributed by atoms with Crippen LogP contribution in [0.1, 0.15) is 49.0 Å². The first-order valence-corrected chi connectivity index (χ1v) is 11.3. The first-order chi connectivity index (χ1) is 16.1. The van der Waals surface area contributed by atoms with Gasteiger partial charge < -0.3 is 21.5 Å². The van der Waals surface area contributed by atoms with Crippen LogP contribution in [-0.4, -0.2) is 55.8 Å². The van der Waals surface area contributed by atoms with Gasteiger partial charge in [0, 0.05) is 36.1 Å². The predicted molar refractivity (Wildman–Crippen MR) is 127 cm³/mol. The topological polar surface area (TPSA) is 135 Å². The van der Waals surface area contributed by atoms with Crippen LogP contribution in [0.15, 0.2) is 36.8 Å². The quantitative estimate of drug-likeness (QED) is 0.380. The molecule has 1 aliphatic rings. The van der Waals surface area contributed by atoms with Crippen molar-refractivity contribution in [3.8, 4) is 5.82 Å². The summed E-state index contributed by atoms with van der Waals surface area (Å²) >= 11 is 0. The lowest BCUT2D eigenvalue weighted by molar-refractivity contribution is -0.117. The molecule has 4 rings (SSSR count). The maximum atomic E-state index is 14.1. The van der Waals surface area contributed by atoms with Gasteiger partial charge in [-0.05, 0) is 50.8 Å². The number of nitrogens with two attached hydrogens (primary N) is 1. The van der Waals surface area contributed by atoms with Gasteiger partial charge in [0.2, 0.25) is 5.91 Å². The Labute approximate surface area is 196 Å². The van der Waals surface area contributed by atoms with Crippen LogP contribution in [0, 0.1) is 0 Å². The molecule has 0 aliphatic heterocycles. The average Bonchev–Trinajstić information content (AvgIpc) is 3.16. The van der Waals surface area contributed by atoms with Crippen molar-refractivity contribution in [1.82, 2.24) is 19.9 Å². The SMILES string of the molecule is CC(C)(O)[C@H](F)CNC(=O)c1cnc(-n2ccc3cc(CC(N)=O)cnc32)cc1NC1CCC1. The molecule has 0 saturated heterocycles. The summed E-state index contributed by atoms with van der Waals surface area (Å²) in [5.74, 6) is -0.341. The van der Waals surface area contributed by atoms with Gasteiger partial charge in [0.05, 0.1) is 29.8 Å². The van der Waals surface area contributed by atoms with E-state index >= 15 is 0 Å². The molecule has 34 heavy (non-hydrogen) atoms. The molecule has 1 fully saturated rings. The van der Waals surface area contributed by atoms with E-state index in [1.54, 1.807) is 16.8 Å². The van der Waals surface area contributed by atoms with E-state index in [9.17, 15) is 19.1 Å². The molecule has 0 radical (unpaired) electrons.